The van der Waals surface area contributed by atoms with Gasteiger partial charge in [0.25, 0.3) is 0 Å². The van der Waals surface area contributed by atoms with Crippen LogP contribution in [0.4, 0.5) is 4.39 Å². The Hall–Kier alpha value is -0.850. The lowest BCUT2D eigenvalue weighted by Crippen LogP contribution is -1.95. The average molecular weight is 166 g/mol. The summed E-state index contributed by atoms with van der Waals surface area (Å²) in [6, 6.07) is 8.16. The predicted molar refractivity (Wildman–Crippen MR) is 50.2 cm³/mol. The largest absolute Gasteiger partial charge is 0.250 e. The van der Waals surface area contributed by atoms with Crippen molar-refractivity contribution >= 4 is 0 Å². The van der Waals surface area contributed by atoms with E-state index in [0.29, 0.717) is 0 Å². The van der Waals surface area contributed by atoms with Crippen molar-refractivity contribution < 1.29 is 4.39 Å². The van der Waals surface area contributed by atoms with Gasteiger partial charge >= 0.3 is 0 Å². The molecule has 0 N–H and O–H groups in total. The fourth-order valence-corrected chi connectivity index (χ4v) is 1.21. The van der Waals surface area contributed by atoms with Gasteiger partial charge in [-0.25, -0.2) is 0 Å². The molecule has 1 unspecified atom stereocenters. The van der Waals surface area contributed by atoms with Gasteiger partial charge in [-0.15, -0.1) is 0 Å². The van der Waals surface area contributed by atoms with Crippen molar-refractivity contribution in [2.45, 2.75) is 26.2 Å². The van der Waals surface area contributed by atoms with Crippen molar-refractivity contribution in [1.82, 2.24) is 0 Å². The highest BCUT2D eigenvalue weighted by atomic mass is 19.1. The van der Waals surface area contributed by atoms with Gasteiger partial charge in [-0.05, 0) is 17.5 Å². The number of hydrogen-bond acceptors (Lipinski definition) is 0. The Bertz CT molecular complexity index is 243. The van der Waals surface area contributed by atoms with Crippen LogP contribution in [0.2, 0.25) is 0 Å². The van der Waals surface area contributed by atoms with E-state index in [2.05, 4.69) is 19.1 Å². The minimum atomic E-state index is -0.271. The third-order valence-electron chi connectivity index (χ3n) is 2.16. The molecule has 12 heavy (non-hydrogen) atoms. The maximum atomic E-state index is 12.3. The maximum absolute atomic E-state index is 12.3. The molecular weight excluding hydrogens is 151 g/mol. The van der Waals surface area contributed by atoms with E-state index < -0.39 is 0 Å². The highest BCUT2D eigenvalue weighted by molar-refractivity contribution is 5.25. The van der Waals surface area contributed by atoms with Crippen molar-refractivity contribution in [3.63, 3.8) is 0 Å². The number of aryl methyl sites for hydroxylation is 1. The molecule has 1 atom stereocenters. The molecule has 0 aliphatic carbocycles. The standard InChI is InChI=1S/C11H15F/c1-3-10-5-4-6-11(7-10)9(2)8-12/h4-7,9H,3,8H2,1-2H3. The van der Waals surface area contributed by atoms with Crippen molar-refractivity contribution in [3.8, 4) is 0 Å². The lowest BCUT2D eigenvalue weighted by atomic mass is 9.99. The van der Waals surface area contributed by atoms with Gasteiger partial charge in [0.1, 0.15) is 0 Å². The zero-order chi connectivity index (χ0) is 8.97. The summed E-state index contributed by atoms with van der Waals surface area (Å²) in [7, 11) is 0. The first-order valence-corrected chi connectivity index (χ1v) is 4.42. The van der Waals surface area contributed by atoms with Crippen LogP contribution in [0.5, 0.6) is 0 Å². The van der Waals surface area contributed by atoms with E-state index in [4.69, 9.17) is 0 Å². The van der Waals surface area contributed by atoms with Crippen molar-refractivity contribution in [2.75, 3.05) is 6.67 Å². The summed E-state index contributed by atoms with van der Waals surface area (Å²) < 4.78 is 12.3. The average Bonchev–Trinajstić information content (AvgIpc) is 2.17. The molecule has 0 radical (unpaired) electrons. The number of benzene rings is 1. The second kappa shape index (κ2) is 4.24. The lowest BCUT2D eigenvalue weighted by Gasteiger charge is -2.07. The van der Waals surface area contributed by atoms with Crippen LogP contribution < -0.4 is 0 Å². The minimum Gasteiger partial charge on any atom is -0.250 e. The van der Waals surface area contributed by atoms with E-state index in [9.17, 15) is 4.39 Å². The van der Waals surface area contributed by atoms with E-state index in [1.54, 1.807) is 0 Å². The molecule has 0 aromatic heterocycles. The van der Waals surface area contributed by atoms with Gasteiger partial charge in [0.15, 0.2) is 0 Å². The zero-order valence-electron chi connectivity index (χ0n) is 7.68. The fraction of sp³-hybridized carbons (Fsp3) is 0.455. The van der Waals surface area contributed by atoms with Gasteiger partial charge < -0.3 is 0 Å². The predicted octanol–water partition coefficient (Wildman–Crippen LogP) is 3.32. The Morgan fingerprint density at radius 1 is 1.42 bits per heavy atom. The van der Waals surface area contributed by atoms with E-state index in [1.165, 1.54) is 5.56 Å². The molecule has 1 rings (SSSR count). The molecule has 0 aliphatic heterocycles. The van der Waals surface area contributed by atoms with E-state index >= 15 is 0 Å². The first-order valence-electron chi connectivity index (χ1n) is 4.42. The van der Waals surface area contributed by atoms with Crippen LogP contribution in [0, 0.1) is 0 Å². The summed E-state index contributed by atoms with van der Waals surface area (Å²) in [6.07, 6.45) is 1.02. The molecule has 1 heteroatoms. The molecule has 1 aromatic rings. The summed E-state index contributed by atoms with van der Waals surface area (Å²) in [5, 5.41) is 0. The van der Waals surface area contributed by atoms with E-state index in [0.717, 1.165) is 12.0 Å². The first kappa shape index (κ1) is 9.24. The van der Waals surface area contributed by atoms with Crippen molar-refractivity contribution in [1.29, 1.82) is 0 Å². The van der Waals surface area contributed by atoms with Gasteiger partial charge in [-0.1, -0.05) is 38.1 Å². The van der Waals surface area contributed by atoms with E-state index in [1.807, 2.05) is 19.1 Å². The first-order chi connectivity index (χ1) is 5.77. The van der Waals surface area contributed by atoms with Gasteiger partial charge in [0.05, 0.1) is 6.67 Å². The Kier molecular flexibility index (Phi) is 3.27. The number of alkyl halides is 1. The van der Waals surface area contributed by atoms with Crippen LogP contribution in [0.1, 0.15) is 30.9 Å². The highest BCUT2D eigenvalue weighted by Crippen LogP contribution is 2.16. The molecule has 0 aliphatic rings. The maximum Gasteiger partial charge on any atom is 0.0960 e. The molecule has 0 bridgehead atoms. The molecule has 0 spiro atoms. The Labute approximate surface area is 73.4 Å². The third kappa shape index (κ3) is 2.07. The molecule has 1 aromatic carbocycles. The van der Waals surface area contributed by atoms with Gasteiger partial charge in [-0.3, -0.25) is 4.39 Å². The van der Waals surface area contributed by atoms with Crippen LogP contribution in [0.25, 0.3) is 0 Å². The molecule has 66 valence electrons. The quantitative estimate of drug-likeness (QED) is 0.646. The molecule has 0 saturated carbocycles. The summed E-state index contributed by atoms with van der Waals surface area (Å²) in [5.74, 6) is 0.0384. The Balaban J connectivity index is 2.86. The zero-order valence-corrected chi connectivity index (χ0v) is 7.68. The molecule has 0 heterocycles. The Morgan fingerprint density at radius 2 is 2.17 bits per heavy atom. The van der Waals surface area contributed by atoms with Crippen LogP contribution >= 0.6 is 0 Å². The molecule has 0 saturated heterocycles. The molecular formula is C11H15F. The lowest BCUT2D eigenvalue weighted by molar-refractivity contribution is 0.447. The van der Waals surface area contributed by atoms with Crippen LogP contribution in [0.15, 0.2) is 24.3 Å². The molecule has 0 amide bonds. The van der Waals surface area contributed by atoms with Gasteiger partial charge in [0.2, 0.25) is 0 Å². The van der Waals surface area contributed by atoms with E-state index in [-0.39, 0.29) is 12.6 Å². The number of halogens is 1. The highest BCUT2D eigenvalue weighted by Gasteiger charge is 2.03. The van der Waals surface area contributed by atoms with Gasteiger partial charge in [-0.2, -0.15) is 0 Å². The topological polar surface area (TPSA) is 0 Å². The Morgan fingerprint density at radius 3 is 2.75 bits per heavy atom. The van der Waals surface area contributed by atoms with Crippen LogP contribution in [-0.4, -0.2) is 6.67 Å². The second-order valence-corrected chi connectivity index (χ2v) is 3.15. The summed E-state index contributed by atoms with van der Waals surface area (Å²) in [5.41, 5.74) is 2.39. The van der Waals surface area contributed by atoms with Crippen LogP contribution in [-0.2, 0) is 6.42 Å². The smallest absolute Gasteiger partial charge is 0.0960 e. The number of hydrogen-bond donors (Lipinski definition) is 0. The summed E-state index contributed by atoms with van der Waals surface area (Å²) in [4.78, 5) is 0. The van der Waals surface area contributed by atoms with Crippen molar-refractivity contribution in [2.24, 2.45) is 0 Å². The SMILES string of the molecule is CCc1cccc(C(C)CF)c1. The number of rotatable bonds is 3. The van der Waals surface area contributed by atoms with Crippen molar-refractivity contribution in [3.05, 3.63) is 35.4 Å². The monoisotopic (exact) mass is 166 g/mol. The summed E-state index contributed by atoms with van der Waals surface area (Å²) in [6.45, 7) is 3.75. The minimum absolute atomic E-state index is 0.0384. The van der Waals surface area contributed by atoms with Crippen LogP contribution in [0.3, 0.4) is 0 Å². The normalized spacial score (nSPS) is 12.9. The second-order valence-electron chi connectivity index (χ2n) is 3.15. The molecule has 0 fully saturated rings. The molecule has 0 nitrogen and oxygen atoms in total. The summed E-state index contributed by atoms with van der Waals surface area (Å²) >= 11 is 0. The van der Waals surface area contributed by atoms with Gasteiger partial charge in [0, 0.05) is 5.92 Å². The third-order valence-corrected chi connectivity index (χ3v) is 2.16. The fourth-order valence-electron chi connectivity index (χ4n) is 1.21.